The van der Waals surface area contributed by atoms with Crippen LogP contribution < -0.4 is 10.2 Å². The Labute approximate surface area is 178 Å². The summed E-state index contributed by atoms with van der Waals surface area (Å²) in [4.78, 5) is 67.5. The van der Waals surface area contributed by atoms with Crippen molar-refractivity contribution >= 4 is 35.7 Å². The Morgan fingerprint density at radius 2 is 1.65 bits per heavy atom. The molecule has 3 fully saturated rings. The number of piperidine rings is 1. The van der Waals surface area contributed by atoms with E-state index in [9.17, 15) is 24.0 Å². The Bertz CT molecular complexity index is 980. The molecule has 4 aliphatic heterocycles. The number of imide groups is 2. The summed E-state index contributed by atoms with van der Waals surface area (Å²) in [6, 6.07) is 4.65. The number of nitrogens with zero attached hydrogens (tertiary/aromatic N) is 4. The standard InChI is InChI=1S/C21H23N5O5/c27-12-23-5-7-24(8-6-23)14-10-25(11-14)13-1-2-15-16(9-13)21(31)26(20(15)30)17-3-4-18(28)22-19(17)29/h1-2,9,12,14,17H,3-8,10-11H2,(H,22,28,29). The topological polar surface area (TPSA) is 110 Å². The minimum absolute atomic E-state index is 0.103. The van der Waals surface area contributed by atoms with Gasteiger partial charge in [-0.15, -0.1) is 0 Å². The van der Waals surface area contributed by atoms with E-state index in [-0.39, 0.29) is 18.7 Å². The van der Waals surface area contributed by atoms with Crippen molar-refractivity contribution < 1.29 is 24.0 Å². The van der Waals surface area contributed by atoms with Crippen LogP contribution >= 0.6 is 0 Å². The second-order valence-electron chi connectivity index (χ2n) is 8.41. The second-order valence-corrected chi connectivity index (χ2v) is 8.41. The first-order chi connectivity index (χ1) is 15.0. The number of fused-ring (bicyclic) bond motifs is 1. The number of nitrogens with one attached hydrogen (secondary N) is 1. The Hall–Kier alpha value is -3.27. The van der Waals surface area contributed by atoms with Crippen LogP contribution in [0.2, 0.25) is 0 Å². The summed E-state index contributed by atoms with van der Waals surface area (Å²) in [5.41, 5.74) is 1.46. The largest absolute Gasteiger partial charge is 0.368 e. The molecule has 0 aliphatic carbocycles. The van der Waals surface area contributed by atoms with Gasteiger partial charge in [0.2, 0.25) is 18.2 Å². The van der Waals surface area contributed by atoms with E-state index in [4.69, 9.17) is 0 Å². The number of amides is 5. The molecule has 10 nitrogen and oxygen atoms in total. The number of hydrogen-bond acceptors (Lipinski definition) is 7. The Kier molecular flexibility index (Phi) is 4.73. The molecule has 1 aromatic rings. The average Bonchev–Trinajstić information content (AvgIpc) is 2.98. The van der Waals surface area contributed by atoms with Gasteiger partial charge in [0.1, 0.15) is 6.04 Å². The second kappa shape index (κ2) is 7.45. The summed E-state index contributed by atoms with van der Waals surface area (Å²) in [7, 11) is 0. The fourth-order valence-electron chi connectivity index (χ4n) is 4.76. The highest BCUT2D eigenvalue weighted by molar-refractivity contribution is 6.23. The van der Waals surface area contributed by atoms with E-state index in [0.29, 0.717) is 17.2 Å². The molecule has 3 saturated heterocycles. The van der Waals surface area contributed by atoms with E-state index in [2.05, 4.69) is 15.1 Å². The summed E-state index contributed by atoms with van der Waals surface area (Å²) in [5.74, 6) is -1.97. The van der Waals surface area contributed by atoms with Crippen molar-refractivity contribution in [1.29, 1.82) is 0 Å². The molecule has 162 valence electrons. The summed E-state index contributed by atoms with van der Waals surface area (Å²) in [6.45, 7) is 4.83. The number of carbonyl (C=O) groups excluding carboxylic acids is 5. The number of carbonyl (C=O) groups is 5. The van der Waals surface area contributed by atoms with Crippen LogP contribution in [-0.2, 0) is 14.4 Å². The predicted octanol–water partition coefficient (Wildman–Crippen LogP) is -0.950. The van der Waals surface area contributed by atoms with Crippen LogP contribution in [0.1, 0.15) is 33.6 Å². The molecule has 5 rings (SSSR count). The number of benzene rings is 1. The minimum atomic E-state index is -0.952. The monoisotopic (exact) mass is 425 g/mol. The molecule has 0 radical (unpaired) electrons. The molecule has 4 heterocycles. The molecule has 0 saturated carbocycles. The molecule has 31 heavy (non-hydrogen) atoms. The van der Waals surface area contributed by atoms with E-state index >= 15 is 0 Å². The quantitative estimate of drug-likeness (QED) is 0.489. The van der Waals surface area contributed by atoms with Gasteiger partial charge >= 0.3 is 0 Å². The first-order valence-corrected chi connectivity index (χ1v) is 10.5. The zero-order valence-corrected chi connectivity index (χ0v) is 17.0. The molecule has 4 aliphatic rings. The highest BCUT2D eigenvalue weighted by Gasteiger charge is 2.45. The molecule has 0 spiro atoms. The van der Waals surface area contributed by atoms with Crippen LogP contribution in [0.5, 0.6) is 0 Å². The number of anilines is 1. The average molecular weight is 425 g/mol. The van der Waals surface area contributed by atoms with Crippen LogP contribution in [0.4, 0.5) is 5.69 Å². The molecule has 1 atom stereocenters. The lowest BCUT2D eigenvalue weighted by molar-refractivity contribution is -0.136. The van der Waals surface area contributed by atoms with Crippen LogP contribution in [0, 0.1) is 0 Å². The fraction of sp³-hybridized carbons (Fsp3) is 0.476. The number of piperazine rings is 1. The van der Waals surface area contributed by atoms with Crippen molar-refractivity contribution in [1.82, 2.24) is 20.0 Å². The molecule has 1 N–H and O–H groups in total. The van der Waals surface area contributed by atoms with Crippen LogP contribution in [-0.4, -0.2) is 96.1 Å². The van der Waals surface area contributed by atoms with Crippen molar-refractivity contribution in [3.63, 3.8) is 0 Å². The van der Waals surface area contributed by atoms with Gasteiger partial charge in [-0.3, -0.25) is 39.1 Å². The van der Waals surface area contributed by atoms with Crippen molar-refractivity contribution in [3.05, 3.63) is 29.3 Å². The number of rotatable bonds is 4. The van der Waals surface area contributed by atoms with Crippen molar-refractivity contribution in [2.24, 2.45) is 0 Å². The molecule has 1 unspecified atom stereocenters. The number of hydrogen-bond donors (Lipinski definition) is 1. The van der Waals surface area contributed by atoms with Gasteiger partial charge in [-0.25, -0.2) is 0 Å². The van der Waals surface area contributed by atoms with Gasteiger partial charge in [0.25, 0.3) is 11.8 Å². The molecule has 5 amide bonds. The molecule has 1 aromatic carbocycles. The molecule has 0 aromatic heterocycles. The van der Waals surface area contributed by atoms with Gasteiger partial charge in [-0.05, 0) is 24.6 Å². The highest BCUT2D eigenvalue weighted by atomic mass is 16.2. The summed E-state index contributed by atoms with van der Waals surface area (Å²) < 4.78 is 0. The van der Waals surface area contributed by atoms with Gasteiger partial charge in [0.05, 0.1) is 11.1 Å². The van der Waals surface area contributed by atoms with E-state index in [1.165, 1.54) is 0 Å². The van der Waals surface area contributed by atoms with Crippen molar-refractivity contribution in [2.75, 3.05) is 44.2 Å². The lowest BCUT2D eigenvalue weighted by Gasteiger charge is -2.48. The maximum atomic E-state index is 13.0. The van der Waals surface area contributed by atoms with E-state index in [0.717, 1.165) is 56.3 Å². The van der Waals surface area contributed by atoms with Gasteiger partial charge in [-0.1, -0.05) is 0 Å². The van der Waals surface area contributed by atoms with Crippen LogP contribution in [0.3, 0.4) is 0 Å². The van der Waals surface area contributed by atoms with Crippen molar-refractivity contribution in [2.45, 2.75) is 24.9 Å². The summed E-state index contributed by atoms with van der Waals surface area (Å²) in [5, 5.41) is 2.21. The minimum Gasteiger partial charge on any atom is -0.368 e. The normalized spacial score (nSPS) is 24.9. The molecular weight excluding hydrogens is 402 g/mol. The molecule has 0 bridgehead atoms. The SMILES string of the molecule is O=CN1CCN(C2CN(c3ccc4c(c3)C(=O)N(C3CCC(=O)NC3=O)C4=O)C2)CC1. The Morgan fingerprint density at radius 1 is 0.935 bits per heavy atom. The van der Waals surface area contributed by atoms with Gasteiger partial charge in [0, 0.05) is 57.4 Å². The van der Waals surface area contributed by atoms with E-state index in [1.807, 2.05) is 6.07 Å². The predicted molar refractivity (Wildman–Crippen MR) is 108 cm³/mol. The van der Waals surface area contributed by atoms with Crippen LogP contribution in [0.25, 0.3) is 0 Å². The molecule has 10 heteroatoms. The van der Waals surface area contributed by atoms with Crippen molar-refractivity contribution in [3.8, 4) is 0 Å². The lowest BCUT2D eigenvalue weighted by atomic mass is 10.0. The third kappa shape index (κ3) is 3.27. The lowest BCUT2D eigenvalue weighted by Crippen LogP contribution is -2.63. The smallest absolute Gasteiger partial charge is 0.262 e. The Morgan fingerprint density at radius 3 is 2.32 bits per heavy atom. The maximum Gasteiger partial charge on any atom is 0.262 e. The zero-order chi connectivity index (χ0) is 21.7. The third-order valence-corrected chi connectivity index (χ3v) is 6.67. The first kappa shape index (κ1) is 19.7. The molecular formula is C21H23N5O5. The maximum absolute atomic E-state index is 13.0. The first-order valence-electron chi connectivity index (χ1n) is 10.5. The van der Waals surface area contributed by atoms with E-state index < -0.39 is 23.8 Å². The van der Waals surface area contributed by atoms with Gasteiger partial charge < -0.3 is 9.80 Å². The fourth-order valence-corrected chi connectivity index (χ4v) is 4.76. The third-order valence-electron chi connectivity index (χ3n) is 6.67. The van der Waals surface area contributed by atoms with Crippen LogP contribution in [0.15, 0.2) is 18.2 Å². The van der Waals surface area contributed by atoms with Gasteiger partial charge in [0.15, 0.2) is 0 Å². The van der Waals surface area contributed by atoms with Gasteiger partial charge in [-0.2, -0.15) is 0 Å². The zero-order valence-electron chi connectivity index (χ0n) is 17.0. The summed E-state index contributed by atoms with van der Waals surface area (Å²) >= 11 is 0. The Balaban J connectivity index is 1.27. The summed E-state index contributed by atoms with van der Waals surface area (Å²) in [6.07, 6.45) is 1.14. The van der Waals surface area contributed by atoms with E-state index in [1.54, 1.807) is 17.0 Å². The highest BCUT2D eigenvalue weighted by Crippen LogP contribution is 2.32.